The summed E-state index contributed by atoms with van der Waals surface area (Å²) in [6.07, 6.45) is -0.0358. The largest absolute Gasteiger partial charge is 0.522 e. The van der Waals surface area contributed by atoms with Gasteiger partial charge in [-0.3, -0.25) is 9.64 Å². The first-order chi connectivity index (χ1) is 18.4. The summed E-state index contributed by atoms with van der Waals surface area (Å²) >= 11 is 0. The van der Waals surface area contributed by atoms with Crippen LogP contribution in [0.2, 0.25) is 0 Å². The van der Waals surface area contributed by atoms with Gasteiger partial charge < -0.3 is 9.64 Å². The molecular formula is C27H25F3N6O2. The van der Waals surface area contributed by atoms with E-state index in [1.165, 1.54) is 22.5 Å². The molecule has 8 nitrogen and oxygen atoms in total. The van der Waals surface area contributed by atoms with Gasteiger partial charge in [0.05, 0.1) is 30.1 Å². The molecule has 1 fully saturated rings. The van der Waals surface area contributed by atoms with Gasteiger partial charge in [0.1, 0.15) is 24.2 Å². The number of ether oxygens (including phenoxy) is 2. The number of piperazine rings is 1. The first kappa shape index (κ1) is 25.5. The van der Waals surface area contributed by atoms with Crippen LogP contribution in [0.25, 0.3) is 16.6 Å². The van der Waals surface area contributed by atoms with Crippen molar-refractivity contribution in [2.24, 2.45) is 0 Å². The summed E-state index contributed by atoms with van der Waals surface area (Å²) in [5.74, 6) is 1.15. The molecule has 0 saturated carbocycles. The number of alkyl halides is 3. The summed E-state index contributed by atoms with van der Waals surface area (Å²) in [5.41, 5.74) is 3.60. The molecule has 38 heavy (non-hydrogen) atoms. The van der Waals surface area contributed by atoms with Crippen molar-refractivity contribution in [2.45, 2.75) is 12.9 Å². The molecule has 4 aromatic rings. The van der Waals surface area contributed by atoms with Crippen LogP contribution in [0.3, 0.4) is 0 Å². The summed E-state index contributed by atoms with van der Waals surface area (Å²) < 4.78 is 47.5. The maximum absolute atomic E-state index is 12.3. The highest BCUT2D eigenvalue weighted by Gasteiger charge is 2.28. The molecule has 4 heterocycles. The molecule has 0 N–H and O–H groups in total. The van der Waals surface area contributed by atoms with E-state index in [1.54, 1.807) is 12.3 Å². The highest BCUT2D eigenvalue weighted by Crippen LogP contribution is 2.31. The van der Waals surface area contributed by atoms with Gasteiger partial charge >= 0.3 is 6.36 Å². The van der Waals surface area contributed by atoms with E-state index in [2.05, 4.69) is 55.0 Å². The predicted molar refractivity (Wildman–Crippen MR) is 135 cm³/mol. The number of benzene rings is 1. The third kappa shape index (κ3) is 6.04. The van der Waals surface area contributed by atoms with Gasteiger partial charge in [-0.05, 0) is 23.8 Å². The smallest absolute Gasteiger partial charge is 0.490 e. The fourth-order valence-electron chi connectivity index (χ4n) is 4.50. The molecule has 1 saturated heterocycles. The number of aromatic nitrogens is 3. The van der Waals surface area contributed by atoms with Gasteiger partial charge in [0.15, 0.2) is 0 Å². The lowest BCUT2D eigenvalue weighted by molar-refractivity contribution is -0.325. The molecule has 11 heteroatoms. The van der Waals surface area contributed by atoms with Crippen molar-refractivity contribution in [3.8, 4) is 22.9 Å². The van der Waals surface area contributed by atoms with Gasteiger partial charge in [-0.25, -0.2) is 9.50 Å². The minimum Gasteiger partial charge on any atom is -0.490 e. The second-order valence-electron chi connectivity index (χ2n) is 8.85. The maximum atomic E-state index is 12.3. The summed E-state index contributed by atoms with van der Waals surface area (Å²) in [6.45, 7) is 3.54. The van der Waals surface area contributed by atoms with Crippen molar-refractivity contribution >= 4 is 11.3 Å². The molecule has 3 aromatic heterocycles. The summed E-state index contributed by atoms with van der Waals surface area (Å²) in [7, 11) is 0. The van der Waals surface area contributed by atoms with E-state index < -0.39 is 13.0 Å². The van der Waals surface area contributed by atoms with Crippen molar-refractivity contribution in [1.82, 2.24) is 19.5 Å². The zero-order chi connectivity index (χ0) is 26.5. The van der Waals surface area contributed by atoms with E-state index >= 15 is 0 Å². The van der Waals surface area contributed by atoms with Crippen molar-refractivity contribution in [1.29, 1.82) is 5.26 Å². The third-order valence-electron chi connectivity index (χ3n) is 6.33. The predicted octanol–water partition coefficient (Wildman–Crippen LogP) is 4.51. The Morgan fingerprint density at radius 1 is 0.974 bits per heavy atom. The van der Waals surface area contributed by atoms with E-state index in [0.717, 1.165) is 44.1 Å². The van der Waals surface area contributed by atoms with Crippen LogP contribution in [0.4, 0.5) is 19.0 Å². The van der Waals surface area contributed by atoms with Crippen LogP contribution >= 0.6 is 0 Å². The van der Waals surface area contributed by atoms with Gasteiger partial charge in [0.25, 0.3) is 0 Å². The van der Waals surface area contributed by atoms with Crippen LogP contribution in [0, 0.1) is 11.3 Å². The fourth-order valence-corrected chi connectivity index (χ4v) is 4.50. The Balaban J connectivity index is 1.30. The monoisotopic (exact) mass is 522 g/mol. The Labute approximate surface area is 217 Å². The van der Waals surface area contributed by atoms with Gasteiger partial charge in [-0.15, -0.1) is 13.2 Å². The average molecular weight is 523 g/mol. The maximum Gasteiger partial charge on any atom is 0.522 e. The van der Waals surface area contributed by atoms with E-state index in [1.807, 2.05) is 18.2 Å². The average Bonchev–Trinajstić information content (AvgIpc) is 3.34. The Morgan fingerprint density at radius 3 is 2.45 bits per heavy atom. The van der Waals surface area contributed by atoms with Crippen LogP contribution < -0.4 is 9.64 Å². The molecule has 0 radical (unpaired) electrons. The second kappa shape index (κ2) is 11.1. The lowest BCUT2D eigenvalue weighted by atomic mass is 10.1. The van der Waals surface area contributed by atoms with E-state index in [9.17, 15) is 18.4 Å². The first-order valence-electron chi connectivity index (χ1n) is 12.1. The molecule has 5 rings (SSSR count). The van der Waals surface area contributed by atoms with Crippen LogP contribution in [0.15, 0.2) is 67.1 Å². The number of nitrogens with zero attached hydrogens (tertiary/aromatic N) is 6. The molecule has 1 aromatic carbocycles. The normalized spacial score (nSPS) is 14.5. The second-order valence-corrected chi connectivity index (χ2v) is 8.85. The Morgan fingerprint density at radius 2 is 1.76 bits per heavy atom. The molecule has 196 valence electrons. The number of rotatable bonds is 8. The Bertz CT molecular complexity index is 1410. The fraction of sp³-hybridized carbons (Fsp3) is 0.296. The van der Waals surface area contributed by atoms with E-state index in [4.69, 9.17) is 4.74 Å². The van der Waals surface area contributed by atoms with Gasteiger partial charge in [0, 0.05) is 50.0 Å². The highest BCUT2D eigenvalue weighted by molar-refractivity contribution is 5.85. The SMILES string of the molecule is N#Cc1cnn2cc(OCCOC(F)(F)F)cc(-c3ccc(N4CCN(Cc5ccccc5)CC4)nc3)c12. The van der Waals surface area contributed by atoms with Gasteiger partial charge in [-0.1, -0.05) is 30.3 Å². The van der Waals surface area contributed by atoms with Crippen molar-refractivity contribution in [3.63, 3.8) is 0 Å². The van der Waals surface area contributed by atoms with Crippen molar-refractivity contribution < 1.29 is 22.6 Å². The molecular weight excluding hydrogens is 497 g/mol. The molecule has 0 spiro atoms. The minimum absolute atomic E-state index is 0.296. The van der Waals surface area contributed by atoms with Crippen LogP contribution in [0.5, 0.6) is 5.75 Å². The number of hydrogen-bond donors (Lipinski definition) is 0. The van der Waals surface area contributed by atoms with Gasteiger partial charge in [0.2, 0.25) is 0 Å². The van der Waals surface area contributed by atoms with Gasteiger partial charge in [-0.2, -0.15) is 10.4 Å². The number of hydrogen-bond acceptors (Lipinski definition) is 7. The van der Waals surface area contributed by atoms with Crippen molar-refractivity contribution in [2.75, 3.05) is 44.3 Å². The van der Waals surface area contributed by atoms with E-state index in [-0.39, 0.29) is 6.61 Å². The lowest BCUT2D eigenvalue weighted by Crippen LogP contribution is -2.46. The number of fused-ring (bicyclic) bond motifs is 1. The minimum atomic E-state index is -4.72. The van der Waals surface area contributed by atoms with Crippen LogP contribution in [-0.4, -0.2) is 65.3 Å². The Hall–Kier alpha value is -4.14. The molecule has 0 amide bonds. The molecule has 0 atom stereocenters. The molecule has 0 bridgehead atoms. The zero-order valence-electron chi connectivity index (χ0n) is 20.4. The summed E-state index contributed by atoms with van der Waals surface area (Å²) in [5, 5.41) is 13.8. The topological polar surface area (TPSA) is 78.9 Å². The number of halogens is 3. The van der Waals surface area contributed by atoms with E-state index in [0.29, 0.717) is 22.4 Å². The van der Waals surface area contributed by atoms with Crippen molar-refractivity contribution in [3.05, 3.63) is 78.2 Å². The number of pyridine rings is 2. The van der Waals surface area contributed by atoms with Crippen LogP contribution in [0.1, 0.15) is 11.1 Å². The molecule has 0 aliphatic carbocycles. The third-order valence-corrected chi connectivity index (χ3v) is 6.33. The first-order valence-corrected chi connectivity index (χ1v) is 12.1. The zero-order valence-corrected chi connectivity index (χ0v) is 20.4. The molecule has 0 unspecified atom stereocenters. The highest BCUT2D eigenvalue weighted by atomic mass is 19.4. The quantitative estimate of drug-likeness (QED) is 0.315. The number of anilines is 1. The summed E-state index contributed by atoms with van der Waals surface area (Å²) in [6, 6.07) is 18.1. The molecule has 1 aliphatic rings. The number of nitriles is 1. The Kier molecular flexibility index (Phi) is 7.44. The van der Waals surface area contributed by atoms with Crippen LogP contribution in [-0.2, 0) is 11.3 Å². The molecule has 1 aliphatic heterocycles. The standard InChI is InChI=1S/C27H25F3N6O2/c28-27(29,30)38-13-12-37-23-14-24(26-22(15-31)17-33-36(26)19-23)21-6-7-25(32-16-21)35-10-8-34(9-11-35)18-20-4-2-1-3-5-20/h1-7,14,16-17,19H,8-13,18H2. The lowest BCUT2D eigenvalue weighted by Gasteiger charge is -2.35. The summed E-state index contributed by atoms with van der Waals surface area (Å²) in [4.78, 5) is 9.33.